The van der Waals surface area contributed by atoms with Gasteiger partial charge in [-0.25, -0.2) is 19.3 Å². The van der Waals surface area contributed by atoms with Gasteiger partial charge in [0.05, 0.1) is 18.5 Å². The molecule has 9 heteroatoms. The van der Waals surface area contributed by atoms with Gasteiger partial charge in [0.15, 0.2) is 11.5 Å². The highest BCUT2D eigenvalue weighted by Crippen LogP contribution is 2.33. The van der Waals surface area contributed by atoms with Crippen molar-refractivity contribution in [2.24, 2.45) is 0 Å². The normalized spacial score (nSPS) is 19.7. The molecule has 3 aromatic heterocycles. The molecule has 3 saturated heterocycles. The molecule has 7 rings (SSSR count). The number of pyridine rings is 1. The number of amides is 1. The zero-order valence-corrected chi connectivity index (χ0v) is 20.3. The van der Waals surface area contributed by atoms with E-state index in [9.17, 15) is 9.18 Å². The standard InChI is InChI=1S/C27H27FN6O2/c1-17-4-6-18(7-5-17)24-22(33-13-3-12-29-27(33)31-24)16-32-14-20-9-8-19(32)15-34(20)26(35)25-21(28)10-11-23(30-25)36-2/h3-7,10-13,19-20H,8-9,14-16H2,1-2H3. The maximum Gasteiger partial charge on any atom is 0.276 e. The number of piperidine rings is 2. The van der Waals surface area contributed by atoms with Gasteiger partial charge in [0.1, 0.15) is 0 Å². The Morgan fingerprint density at radius 1 is 1.08 bits per heavy atom. The van der Waals surface area contributed by atoms with Crippen LogP contribution in [0.4, 0.5) is 4.39 Å². The fraction of sp³-hybridized carbons (Fsp3) is 0.333. The lowest BCUT2D eigenvalue weighted by atomic mass is 9.90. The Labute approximate surface area is 208 Å². The molecule has 0 aliphatic carbocycles. The van der Waals surface area contributed by atoms with Gasteiger partial charge in [-0.15, -0.1) is 0 Å². The smallest absolute Gasteiger partial charge is 0.276 e. The molecule has 1 aromatic carbocycles. The highest BCUT2D eigenvalue weighted by molar-refractivity contribution is 5.93. The van der Waals surface area contributed by atoms with Crippen LogP contribution in [0.2, 0.25) is 0 Å². The number of methoxy groups -OCH3 is 1. The number of halogens is 1. The van der Waals surface area contributed by atoms with Crippen LogP contribution in [0.15, 0.2) is 54.9 Å². The average Bonchev–Trinajstić information content (AvgIpc) is 3.27. The van der Waals surface area contributed by atoms with Gasteiger partial charge in [-0.1, -0.05) is 29.8 Å². The Morgan fingerprint density at radius 2 is 1.89 bits per heavy atom. The number of hydrogen-bond donors (Lipinski definition) is 0. The quantitative estimate of drug-likeness (QED) is 0.428. The van der Waals surface area contributed by atoms with Gasteiger partial charge in [0, 0.05) is 55.7 Å². The molecule has 3 aliphatic rings. The predicted molar refractivity (Wildman–Crippen MR) is 132 cm³/mol. The lowest BCUT2D eigenvalue weighted by Gasteiger charge is -2.51. The molecule has 2 bridgehead atoms. The van der Waals surface area contributed by atoms with Crippen LogP contribution >= 0.6 is 0 Å². The summed E-state index contributed by atoms with van der Waals surface area (Å²) < 4.78 is 21.6. The molecule has 0 spiro atoms. The van der Waals surface area contributed by atoms with Crippen molar-refractivity contribution >= 4 is 11.7 Å². The molecule has 0 N–H and O–H groups in total. The van der Waals surface area contributed by atoms with Crippen molar-refractivity contribution in [1.29, 1.82) is 0 Å². The third-order valence-corrected chi connectivity index (χ3v) is 7.32. The minimum Gasteiger partial charge on any atom is -0.481 e. The molecule has 6 heterocycles. The minimum atomic E-state index is -0.625. The number of piperazine rings is 1. The Morgan fingerprint density at radius 3 is 2.64 bits per heavy atom. The van der Waals surface area contributed by atoms with E-state index in [1.807, 2.05) is 12.3 Å². The van der Waals surface area contributed by atoms with Gasteiger partial charge < -0.3 is 9.64 Å². The molecule has 4 aromatic rings. The van der Waals surface area contributed by atoms with Crippen molar-refractivity contribution in [3.8, 4) is 17.1 Å². The number of carbonyl (C=O) groups excluding carboxylic acids is 1. The number of imidazole rings is 1. The van der Waals surface area contributed by atoms with Crippen LogP contribution in [0.5, 0.6) is 5.88 Å². The monoisotopic (exact) mass is 486 g/mol. The summed E-state index contributed by atoms with van der Waals surface area (Å²) in [6.07, 6.45) is 5.62. The van der Waals surface area contributed by atoms with Crippen LogP contribution in [0.3, 0.4) is 0 Å². The van der Waals surface area contributed by atoms with Crippen LogP contribution in [0.1, 0.15) is 34.6 Å². The van der Waals surface area contributed by atoms with Gasteiger partial charge in [-0.3, -0.25) is 14.1 Å². The summed E-state index contributed by atoms with van der Waals surface area (Å²) in [5, 5.41) is 0. The lowest BCUT2D eigenvalue weighted by molar-refractivity contribution is -0.0165. The molecule has 2 atom stereocenters. The van der Waals surface area contributed by atoms with E-state index in [0.29, 0.717) is 25.4 Å². The first-order chi connectivity index (χ1) is 17.5. The van der Waals surface area contributed by atoms with Gasteiger partial charge >= 0.3 is 0 Å². The fourth-order valence-electron chi connectivity index (χ4n) is 5.40. The summed E-state index contributed by atoms with van der Waals surface area (Å²) in [5.74, 6) is -0.102. The van der Waals surface area contributed by atoms with Crippen molar-refractivity contribution in [3.63, 3.8) is 0 Å². The summed E-state index contributed by atoms with van der Waals surface area (Å²) in [6, 6.07) is 13.1. The maximum absolute atomic E-state index is 14.5. The van der Waals surface area contributed by atoms with Gasteiger partial charge in [0.25, 0.3) is 5.91 Å². The number of aryl methyl sites for hydroxylation is 1. The van der Waals surface area contributed by atoms with Crippen molar-refractivity contribution in [2.75, 3.05) is 20.2 Å². The first-order valence-electron chi connectivity index (χ1n) is 12.2. The molecular formula is C27H27FN6O2. The van der Waals surface area contributed by atoms with E-state index in [1.54, 1.807) is 11.1 Å². The first kappa shape index (κ1) is 22.6. The first-order valence-corrected chi connectivity index (χ1v) is 12.2. The van der Waals surface area contributed by atoms with Crippen LogP contribution in [-0.4, -0.2) is 67.3 Å². The van der Waals surface area contributed by atoms with E-state index in [4.69, 9.17) is 9.72 Å². The molecule has 3 aliphatic heterocycles. The number of ether oxygens (including phenoxy) is 1. The summed E-state index contributed by atoms with van der Waals surface area (Å²) in [4.78, 5) is 30.9. The van der Waals surface area contributed by atoms with Crippen LogP contribution in [0.25, 0.3) is 17.0 Å². The zero-order valence-electron chi connectivity index (χ0n) is 20.3. The van der Waals surface area contributed by atoms with E-state index in [2.05, 4.69) is 50.5 Å². The van der Waals surface area contributed by atoms with Crippen LogP contribution < -0.4 is 4.74 Å². The van der Waals surface area contributed by atoms with E-state index in [0.717, 1.165) is 29.8 Å². The van der Waals surface area contributed by atoms with Crippen LogP contribution in [0, 0.1) is 12.7 Å². The third-order valence-electron chi connectivity index (χ3n) is 7.32. The molecule has 3 fully saturated rings. The largest absolute Gasteiger partial charge is 0.481 e. The molecule has 2 unspecified atom stereocenters. The highest BCUT2D eigenvalue weighted by Gasteiger charge is 2.42. The molecule has 0 saturated carbocycles. The SMILES string of the molecule is COc1ccc(F)c(C(=O)N2CC3CCC2CN3Cc2c(-c3ccc(C)cc3)nc3ncccn23)n1. The lowest BCUT2D eigenvalue weighted by Crippen LogP contribution is -2.63. The Bertz CT molecular complexity index is 1440. The topological polar surface area (TPSA) is 75.9 Å². The molecule has 0 radical (unpaired) electrons. The van der Waals surface area contributed by atoms with E-state index < -0.39 is 5.82 Å². The van der Waals surface area contributed by atoms with Gasteiger partial charge in [-0.2, -0.15) is 0 Å². The van der Waals surface area contributed by atoms with Crippen molar-refractivity contribution in [3.05, 3.63) is 77.6 Å². The Hall–Kier alpha value is -3.85. The predicted octanol–water partition coefficient (Wildman–Crippen LogP) is 3.74. The maximum atomic E-state index is 14.5. The molecule has 36 heavy (non-hydrogen) atoms. The number of nitrogens with zero attached hydrogens (tertiary/aromatic N) is 6. The number of hydrogen-bond acceptors (Lipinski definition) is 6. The third kappa shape index (κ3) is 3.89. The second-order valence-corrected chi connectivity index (χ2v) is 9.52. The van der Waals surface area contributed by atoms with Crippen molar-refractivity contribution in [1.82, 2.24) is 29.2 Å². The number of aromatic nitrogens is 4. The van der Waals surface area contributed by atoms with Gasteiger partial charge in [0.2, 0.25) is 11.7 Å². The Balaban J connectivity index is 1.28. The number of benzene rings is 1. The average molecular weight is 487 g/mol. The molecule has 8 nitrogen and oxygen atoms in total. The van der Waals surface area contributed by atoms with Crippen molar-refractivity contribution in [2.45, 2.75) is 38.4 Å². The van der Waals surface area contributed by atoms with Crippen LogP contribution in [-0.2, 0) is 6.54 Å². The summed E-state index contributed by atoms with van der Waals surface area (Å²) in [5.41, 5.74) is 4.07. The molecule has 1 amide bonds. The van der Waals surface area contributed by atoms with Crippen molar-refractivity contribution < 1.29 is 13.9 Å². The second kappa shape index (κ2) is 8.98. The molecular weight excluding hydrogens is 459 g/mol. The zero-order chi connectivity index (χ0) is 24.8. The van der Waals surface area contributed by atoms with E-state index >= 15 is 0 Å². The minimum absolute atomic E-state index is 0.00460. The summed E-state index contributed by atoms with van der Waals surface area (Å²) in [7, 11) is 1.45. The summed E-state index contributed by atoms with van der Waals surface area (Å²) >= 11 is 0. The van der Waals surface area contributed by atoms with Gasteiger partial charge in [-0.05, 0) is 31.9 Å². The number of fused-ring (bicyclic) bond motifs is 4. The molecule has 184 valence electrons. The highest BCUT2D eigenvalue weighted by atomic mass is 19.1. The van der Waals surface area contributed by atoms with E-state index in [1.165, 1.54) is 24.8 Å². The second-order valence-electron chi connectivity index (χ2n) is 9.52. The Kier molecular flexibility index (Phi) is 5.64. The van der Waals surface area contributed by atoms with E-state index in [-0.39, 0.29) is 29.6 Å². The fourth-order valence-corrected chi connectivity index (χ4v) is 5.40. The number of carbonyl (C=O) groups is 1. The summed E-state index contributed by atoms with van der Waals surface area (Å²) in [6.45, 7) is 4.00. The number of rotatable bonds is 5.